The zero-order valence-electron chi connectivity index (χ0n) is 22.7. The first kappa shape index (κ1) is 26.7. The first-order valence-electron chi connectivity index (χ1n) is 13.6. The zero-order valence-corrected chi connectivity index (χ0v) is 22.7. The first-order valence-corrected chi connectivity index (χ1v) is 13.6. The summed E-state index contributed by atoms with van der Waals surface area (Å²) in [5.41, 5.74) is 6.76. The number of nitrogens with zero attached hydrogens (tertiary/aromatic N) is 6. The molecule has 2 saturated heterocycles. The van der Waals surface area contributed by atoms with Crippen LogP contribution in [-0.2, 0) is 9.59 Å². The van der Waals surface area contributed by atoms with Crippen LogP contribution in [0.1, 0.15) is 56.7 Å². The molecule has 41 heavy (non-hydrogen) atoms. The third-order valence-electron chi connectivity index (χ3n) is 7.91. The van der Waals surface area contributed by atoms with Gasteiger partial charge < -0.3 is 20.1 Å². The van der Waals surface area contributed by atoms with Crippen molar-refractivity contribution in [3.63, 3.8) is 0 Å². The van der Waals surface area contributed by atoms with Crippen molar-refractivity contribution in [2.45, 2.75) is 44.9 Å². The maximum absolute atomic E-state index is 15.3. The van der Waals surface area contributed by atoms with Crippen LogP contribution in [0.15, 0.2) is 41.2 Å². The van der Waals surface area contributed by atoms with Gasteiger partial charge in [-0.25, -0.2) is 18.7 Å². The number of hydrogen-bond acceptors (Lipinski definition) is 8. The molecule has 2 amide bonds. The average Bonchev–Trinajstić information content (AvgIpc) is 3.61. The fourth-order valence-corrected chi connectivity index (χ4v) is 5.61. The Morgan fingerprint density at radius 3 is 2.54 bits per heavy atom. The number of anilines is 2. The van der Waals surface area contributed by atoms with Crippen LogP contribution in [0.5, 0.6) is 0 Å². The lowest BCUT2D eigenvalue weighted by atomic mass is 9.95. The monoisotopic (exact) mass is 561 g/mol. The normalized spacial score (nSPS) is 18.2. The highest BCUT2D eigenvalue weighted by Gasteiger charge is 2.35. The van der Waals surface area contributed by atoms with E-state index in [1.54, 1.807) is 12.1 Å². The molecule has 0 saturated carbocycles. The van der Waals surface area contributed by atoms with Crippen molar-refractivity contribution >= 4 is 34.2 Å². The van der Waals surface area contributed by atoms with E-state index < -0.39 is 23.5 Å². The van der Waals surface area contributed by atoms with Crippen LogP contribution < -0.4 is 15.5 Å². The molecule has 212 valence electrons. The van der Waals surface area contributed by atoms with Gasteiger partial charge in [0, 0.05) is 43.5 Å². The summed E-state index contributed by atoms with van der Waals surface area (Å²) in [5, 5.41) is 4.42. The summed E-state index contributed by atoms with van der Waals surface area (Å²) in [6, 6.07) is 7.31. The maximum Gasteiger partial charge on any atom is 0.229 e. The Morgan fingerprint density at radius 2 is 1.88 bits per heavy atom. The lowest BCUT2D eigenvalue weighted by Crippen LogP contribution is -2.34. The van der Waals surface area contributed by atoms with Crippen LogP contribution in [0.2, 0.25) is 0 Å². The molecule has 4 aromatic rings. The summed E-state index contributed by atoms with van der Waals surface area (Å²) in [6.07, 6.45) is 2.84. The number of aromatic nitrogens is 4. The molecule has 2 fully saturated rings. The summed E-state index contributed by atoms with van der Waals surface area (Å²) >= 11 is 0. The summed E-state index contributed by atoms with van der Waals surface area (Å²) < 4.78 is 36.0. The molecule has 1 atom stereocenters. The van der Waals surface area contributed by atoms with Crippen LogP contribution >= 0.6 is 0 Å². The number of halogens is 2. The third-order valence-corrected chi connectivity index (χ3v) is 7.91. The van der Waals surface area contributed by atoms with Crippen LogP contribution in [0, 0.1) is 17.6 Å². The van der Waals surface area contributed by atoms with E-state index in [-0.39, 0.29) is 41.8 Å². The van der Waals surface area contributed by atoms with Gasteiger partial charge >= 0.3 is 0 Å². The molecule has 12 heteroatoms. The van der Waals surface area contributed by atoms with Gasteiger partial charge in [0.1, 0.15) is 23.8 Å². The molecule has 0 unspecified atom stereocenters. The molecular formula is C29H29F2N7O3. The van der Waals surface area contributed by atoms with E-state index in [1.165, 1.54) is 29.4 Å². The molecule has 2 N–H and O–H groups in total. The standard InChI is InChI=1S/C29H29F2N7O3/c1-15(2)29-35-27(36-41-29)16-7-9-37(10-8-16)28-24-20(30)5-4-19(25(24)33-14-34-28)17-3-6-22(21(31)11-17)38-13-18(26(32)40)12-23(38)39/h3-6,11,14-16,18H,7-10,12-13H2,1-2H3,(H2,32,40)/t18-/m1/s1. The summed E-state index contributed by atoms with van der Waals surface area (Å²) in [6.45, 7) is 5.27. The second kappa shape index (κ2) is 10.5. The lowest BCUT2D eigenvalue weighted by molar-refractivity contribution is -0.123. The summed E-state index contributed by atoms with van der Waals surface area (Å²) in [4.78, 5) is 40.6. The van der Waals surface area contributed by atoms with Crippen molar-refractivity contribution in [2.24, 2.45) is 11.7 Å². The molecule has 2 aromatic carbocycles. The number of piperidine rings is 1. The van der Waals surface area contributed by atoms with E-state index in [2.05, 4.69) is 20.1 Å². The van der Waals surface area contributed by atoms with Gasteiger partial charge in [-0.2, -0.15) is 4.98 Å². The third kappa shape index (κ3) is 4.87. The minimum Gasteiger partial charge on any atom is -0.369 e. The number of benzene rings is 2. The zero-order chi connectivity index (χ0) is 28.8. The van der Waals surface area contributed by atoms with E-state index in [0.717, 1.165) is 12.8 Å². The molecule has 0 spiro atoms. The molecule has 0 bridgehead atoms. The Kier molecular flexibility index (Phi) is 6.84. The van der Waals surface area contributed by atoms with Crippen molar-refractivity contribution in [2.75, 3.05) is 29.4 Å². The average molecular weight is 562 g/mol. The molecule has 2 aromatic heterocycles. The maximum atomic E-state index is 15.3. The van der Waals surface area contributed by atoms with E-state index in [4.69, 9.17) is 10.3 Å². The first-order chi connectivity index (χ1) is 19.7. The van der Waals surface area contributed by atoms with E-state index in [9.17, 15) is 9.59 Å². The highest BCUT2D eigenvalue weighted by molar-refractivity contribution is 6.02. The quantitative estimate of drug-likeness (QED) is 0.369. The van der Waals surface area contributed by atoms with Crippen molar-refractivity contribution in [3.8, 4) is 11.1 Å². The van der Waals surface area contributed by atoms with Crippen LogP contribution in [-0.4, -0.2) is 51.6 Å². The summed E-state index contributed by atoms with van der Waals surface area (Å²) in [5.74, 6) is -0.658. The number of rotatable bonds is 6. The van der Waals surface area contributed by atoms with E-state index >= 15 is 8.78 Å². The smallest absolute Gasteiger partial charge is 0.229 e. The predicted octanol–water partition coefficient (Wildman–Crippen LogP) is 4.30. The molecular weight excluding hydrogens is 532 g/mol. The molecule has 10 nitrogen and oxygen atoms in total. The van der Waals surface area contributed by atoms with Crippen LogP contribution in [0.3, 0.4) is 0 Å². The van der Waals surface area contributed by atoms with Crippen molar-refractivity contribution in [3.05, 3.63) is 60.0 Å². The summed E-state index contributed by atoms with van der Waals surface area (Å²) in [7, 11) is 0. The molecule has 2 aliphatic rings. The van der Waals surface area contributed by atoms with Gasteiger partial charge in [-0.15, -0.1) is 0 Å². The highest BCUT2D eigenvalue weighted by Crippen LogP contribution is 2.38. The number of primary amides is 1. The molecule has 0 aliphatic carbocycles. The molecule has 2 aliphatic heterocycles. The minimum atomic E-state index is -0.660. The number of amides is 2. The Bertz CT molecular complexity index is 1650. The van der Waals surface area contributed by atoms with Gasteiger partial charge in [-0.3, -0.25) is 9.59 Å². The Balaban J connectivity index is 1.28. The Labute approximate surface area is 234 Å². The topological polar surface area (TPSA) is 131 Å². The van der Waals surface area contributed by atoms with Crippen LogP contribution in [0.25, 0.3) is 22.0 Å². The van der Waals surface area contributed by atoms with E-state index in [0.29, 0.717) is 47.3 Å². The van der Waals surface area contributed by atoms with E-state index in [1.807, 2.05) is 18.7 Å². The number of hydrogen-bond donors (Lipinski definition) is 1. The lowest BCUT2D eigenvalue weighted by Gasteiger charge is -2.32. The van der Waals surface area contributed by atoms with Gasteiger partial charge in [0.2, 0.25) is 17.7 Å². The number of nitrogens with two attached hydrogens (primary N) is 1. The number of fused-ring (bicyclic) bond motifs is 1. The van der Waals surface area contributed by atoms with Gasteiger partial charge in [-0.05, 0) is 42.7 Å². The highest BCUT2D eigenvalue weighted by atomic mass is 19.1. The molecule has 0 radical (unpaired) electrons. The van der Waals surface area contributed by atoms with Gasteiger partial charge in [0.15, 0.2) is 5.82 Å². The Hall–Kier alpha value is -4.48. The van der Waals surface area contributed by atoms with Crippen molar-refractivity contribution in [1.82, 2.24) is 20.1 Å². The van der Waals surface area contributed by atoms with Gasteiger partial charge in [0.25, 0.3) is 0 Å². The fraction of sp³-hybridized carbons (Fsp3) is 0.379. The Morgan fingerprint density at radius 1 is 1.10 bits per heavy atom. The van der Waals surface area contributed by atoms with Gasteiger partial charge in [-0.1, -0.05) is 25.1 Å². The fourth-order valence-electron chi connectivity index (χ4n) is 5.61. The second-order valence-corrected chi connectivity index (χ2v) is 10.9. The largest absolute Gasteiger partial charge is 0.369 e. The van der Waals surface area contributed by atoms with Crippen molar-refractivity contribution < 1.29 is 22.9 Å². The number of carbonyl (C=O) groups excluding carboxylic acids is 2. The SMILES string of the molecule is CC(C)c1nc(C2CCN(c3ncnc4c(-c5ccc(N6C[C@H](C(N)=O)CC6=O)c(F)c5)ccc(F)c34)CC2)no1. The minimum absolute atomic E-state index is 0.0306. The predicted molar refractivity (Wildman–Crippen MR) is 147 cm³/mol. The van der Waals surface area contributed by atoms with Crippen LogP contribution in [0.4, 0.5) is 20.3 Å². The second-order valence-electron chi connectivity index (χ2n) is 10.9. The molecule has 6 rings (SSSR count). The van der Waals surface area contributed by atoms with Gasteiger partial charge in [0.05, 0.1) is 22.5 Å². The molecule has 4 heterocycles. The van der Waals surface area contributed by atoms with Crippen molar-refractivity contribution in [1.29, 1.82) is 0 Å². The number of carbonyl (C=O) groups is 2.